The van der Waals surface area contributed by atoms with E-state index in [1.807, 2.05) is 0 Å². The number of allylic oxidation sites excluding steroid dienone is 1. The van der Waals surface area contributed by atoms with Crippen LogP contribution in [0.2, 0.25) is 0 Å². The summed E-state index contributed by atoms with van der Waals surface area (Å²) in [5.41, 5.74) is 0.431. The Kier molecular flexibility index (Phi) is 20.3. The molecule has 0 radical (unpaired) electrons. The topological polar surface area (TPSA) is 242 Å². The van der Waals surface area contributed by atoms with Crippen LogP contribution in [-0.4, -0.2) is 99.9 Å². The van der Waals surface area contributed by atoms with Gasteiger partial charge in [-0.05, 0) is 86.3 Å². The highest BCUT2D eigenvalue weighted by Crippen LogP contribution is 2.14. The molecular formula is C46H63N5O13. The maximum atomic E-state index is 14.1. The van der Waals surface area contributed by atoms with Crippen LogP contribution in [0, 0.1) is 5.92 Å². The van der Waals surface area contributed by atoms with Gasteiger partial charge in [0.05, 0.1) is 6.42 Å². The Bertz CT molecular complexity index is 1980. The van der Waals surface area contributed by atoms with Gasteiger partial charge in [-0.1, -0.05) is 74.5 Å². The summed E-state index contributed by atoms with van der Waals surface area (Å²) in [6.45, 7) is 16.7. The first-order valence-electron chi connectivity index (χ1n) is 20.8. The quantitative estimate of drug-likeness (QED) is 0.0503. The van der Waals surface area contributed by atoms with Crippen molar-refractivity contribution in [2.75, 3.05) is 6.54 Å². The molecule has 0 saturated heterocycles. The number of carbonyl (C=O) groups is 9. The van der Waals surface area contributed by atoms with Crippen LogP contribution in [0.15, 0.2) is 72.8 Å². The number of rotatable bonds is 19. The summed E-state index contributed by atoms with van der Waals surface area (Å²) >= 11 is 0. The van der Waals surface area contributed by atoms with Gasteiger partial charge in [-0.25, -0.2) is 9.80 Å². The van der Waals surface area contributed by atoms with Crippen molar-refractivity contribution in [2.45, 2.75) is 137 Å². The average molecular weight is 894 g/mol. The SMILES string of the molecule is CC(C)[C@H](NC(=O)[C@H](CCC(=O)OC(C)(C)C)NC(=O)[C@H](CC(=O)OC(C)(C)C)NC(=O)OCc1ccccc1)C(=O)NN(CC(=O)OC(C)(C)C)C(=O)/C=C/C(=O)c1ccccc1. The number of nitrogens with zero attached hydrogens (tertiary/aromatic N) is 1. The smallest absolute Gasteiger partial charge is 0.408 e. The molecule has 18 heteroatoms. The molecular weight excluding hydrogens is 831 g/mol. The van der Waals surface area contributed by atoms with E-state index in [-0.39, 0.29) is 18.6 Å². The zero-order chi connectivity index (χ0) is 48.4. The molecule has 0 aliphatic carbocycles. The van der Waals surface area contributed by atoms with Gasteiger partial charge in [-0.2, -0.15) is 0 Å². The minimum Gasteiger partial charge on any atom is -0.460 e. The third-order valence-electron chi connectivity index (χ3n) is 8.20. The van der Waals surface area contributed by atoms with Gasteiger partial charge < -0.3 is 34.9 Å². The molecule has 0 aromatic heterocycles. The van der Waals surface area contributed by atoms with Crippen molar-refractivity contribution in [1.82, 2.24) is 26.4 Å². The summed E-state index contributed by atoms with van der Waals surface area (Å²) in [7, 11) is 0. The molecule has 64 heavy (non-hydrogen) atoms. The number of hydrogen-bond acceptors (Lipinski definition) is 13. The Morgan fingerprint density at radius 1 is 0.609 bits per heavy atom. The summed E-state index contributed by atoms with van der Waals surface area (Å²) < 4.78 is 21.4. The minimum absolute atomic E-state index is 0.171. The van der Waals surface area contributed by atoms with Crippen LogP contribution < -0.4 is 21.4 Å². The average Bonchev–Trinajstić information content (AvgIpc) is 3.17. The highest BCUT2D eigenvalue weighted by atomic mass is 16.6. The number of nitrogens with one attached hydrogen (secondary N) is 4. The summed E-state index contributed by atoms with van der Waals surface area (Å²) in [5.74, 6) is -7.70. The molecule has 350 valence electrons. The summed E-state index contributed by atoms with van der Waals surface area (Å²) in [6.07, 6.45) is -0.690. The van der Waals surface area contributed by atoms with Crippen molar-refractivity contribution in [3.8, 4) is 0 Å². The lowest BCUT2D eigenvalue weighted by Gasteiger charge is -2.29. The van der Waals surface area contributed by atoms with E-state index in [0.717, 1.165) is 12.2 Å². The normalized spacial score (nSPS) is 13.1. The number of esters is 3. The van der Waals surface area contributed by atoms with Crippen LogP contribution in [0.1, 0.15) is 111 Å². The lowest BCUT2D eigenvalue weighted by molar-refractivity contribution is -0.161. The number of ether oxygens (including phenoxy) is 4. The number of carbonyl (C=O) groups excluding carboxylic acids is 9. The number of hydrazine groups is 1. The molecule has 2 rings (SSSR count). The maximum Gasteiger partial charge on any atom is 0.408 e. The van der Waals surface area contributed by atoms with Crippen molar-refractivity contribution in [3.63, 3.8) is 0 Å². The molecule has 0 saturated carbocycles. The fraction of sp³-hybridized carbons (Fsp3) is 0.500. The molecule has 0 fully saturated rings. The first-order valence-corrected chi connectivity index (χ1v) is 20.8. The second-order valence-corrected chi connectivity index (χ2v) is 18.0. The fourth-order valence-electron chi connectivity index (χ4n) is 5.46. The van der Waals surface area contributed by atoms with E-state index >= 15 is 0 Å². The predicted molar refractivity (Wildman–Crippen MR) is 233 cm³/mol. The Morgan fingerprint density at radius 3 is 1.67 bits per heavy atom. The first kappa shape index (κ1) is 53.5. The summed E-state index contributed by atoms with van der Waals surface area (Å²) in [6, 6.07) is 12.0. The van der Waals surface area contributed by atoms with E-state index < -0.39 is 114 Å². The molecule has 4 N–H and O–H groups in total. The lowest BCUT2D eigenvalue weighted by Crippen LogP contribution is -2.60. The van der Waals surface area contributed by atoms with E-state index in [1.165, 1.54) is 12.1 Å². The van der Waals surface area contributed by atoms with E-state index in [0.29, 0.717) is 10.6 Å². The number of amides is 5. The minimum atomic E-state index is -1.65. The van der Waals surface area contributed by atoms with Crippen LogP contribution >= 0.6 is 0 Å². The van der Waals surface area contributed by atoms with Crippen LogP contribution in [-0.2, 0) is 59.1 Å². The molecule has 2 aromatic rings. The van der Waals surface area contributed by atoms with Gasteiger partial charge in [-0.15, -0.1) is 0 Å². The van der Waals surface area contributed by atoms with Crippen LogP contribution in [0.5, 0.6) is 0 Å². The highest BCUT2D eigenvalue weighted by Gasteiger charge is 2.35. The zero-order valence-electron chi connectivity index (χ0n) is 38.5. The monoisotopic (exact) mass is 893 g/mol. The second kappa shape index (κ2) is 24.3. The lowest BCUT2D eigenvalue weighted by atomic mass is 10.0. The highest BCUT2D eigenvalue weighted by molar-refractivity contribution is 6.08. The van der Waals surface area contributed by atoms with Gasteiger partial charge in [0.1, 0.15) is 48.1 Å². The van der Waals surface area contributed by atoms with Crippen molar-refractivity contribution < 1.29 is 62.1 Å². The molecule has 0 heterocycles. The maximum absolute atomic E-state index is 14.1. The predicted octanol–water partition coefficient (Wildman–Crippen LogP) is 4.40. The van der Waals surface area contributed by atoms with Crippen molar-refractivity contribution >= 4 is 53.4 Å². The number of benzene rings is 2. The summed E-state index contributed by atoms with van der Waals surface area (Å²) in [4.78, 5) is 120. The second-order valence-electron chi connectivity index (χ2n) is 18.0. The van der Waals surface area contributed by atoms with Crippen molar-refractivity contribution in [2.24, 2.45) is 5.92 Å². The molecule has 0 aliphatic rings. The van der Waals surface area contributed by atoms with Gasteiger partial charge in [0, 0.05) is 18.1 Å². The molecule has 0 bridgehead atoms. The van der Waals surface area contributed by atoms with Crippen molar-refractivity contribution in [3.05, 3.63) is 83.9 Å². The zero-order valence-corrected chi connectivity index (χ0v) is 38.5. The molecule has 3 atom stereocenters. The van der Waals surface area contributed by atoms with Gasteiger partial charge >= 0.3 is 24.0 Å². The molecule has 0 spiro atoms. The number of alkyl carbamates (subject to hydrolysis) is 1. The van der Waals surface area contributed by atoms with E-state index in [2.05, 4.69) is 21.4 Å². The number of ketones is 1. The van der Waals surface area contributed by atoms with Crippen LogP contribution in [0.25, 0.3) is 0 Å². The third-order valence-corrected chi connectivity index (χ3v) is 8.20. The van der Waals surface area contributed by atoms with Gasteiger partial charge in [-0.3, -0.25) is 43.8 Å². The molecule has 5 amide bonds. The van der Waals surface area contributed by atoms with Gasteiger partial charge in [0.15, 0.2) is 5.78 Å². The molecule has 0 aliphatic heterocycles. The van der Waals surface area contributed by atoms with Crippen LogP contribution in [0.4, 0.5) is 4.79 Å². The third kappa shape index (κ3) is 21.5. The first-order chi connectivity index (χ1) is 29.6. The largest absolute Gasteiger partial charge is 0.460 e. The van der Waals surface area contributed by atoms with Gasteiger partial charge in [0.2, 0.25) is 11.8 Å². The Balaban J connectivity index is 2.44. The Labute approximate surface area is 374 Å². The Morgan fingerprint density at radius 2 is 1.12 bits per heavy atom. The number of hydrogen-bond donors (Lipinski definition) is 4. The van der Waals surface area contributed by atoms with Crippen molar-refractivity contribution in [1.29, 1.82) is 0 Å². The fourth-order valence-corrected chi connectivity index (χ4v) is 5.46. The van der Waals surface area contributed by atoms with E-state index in [4.69, 9.17) is 18.9 Å². The summed E-state index contributed by atoms with van der Waals surface area (Å²) in [5, 5.41) is 7.99. The van der Waals surface area contributed by atoms with E-state index in [1.54, 1.807) is 125 Å². The van der Waals surface area contributed by atoms with Crippen LogP contribution in [0.3, 0.4) is 0 Å². The standard InChI is InChI=1S/C46H63N5O13/c1-29(2)39(42(59)50-51(27-38(56)64-46(9,10)11)35(53)24-23-34(52)31-20-16-13-17-21-31)49-40(57)32(22-25-36(54)62-44(3,4)5)47-41(58)33(26-37(55)63-45(6,7)8)48-43(60)61-28-30-18-14-12-15-19-30/h12-21,23-24,29,32-33,39H,22,25-28H2,1-11H3,(H,47,58)(H,48,60)(H,49,57)(H,50,59)/b24-23+/t32-,33-,39-/m0/s1. The van der Waals surface area contributed by atoms with Gasteiger partial charge in [0.25, 0.3) is 11.8 Å². The van der Waals surface area contributed by atoms with E-state index in [9.17, 15) is 43.2 Å². The molecule has 18 nitrogen and oxygen atoms in total. The molecule has 2 aromatic carbocycles. The Hall–Kier alpha value is -6.59. The molecule has 0 unspecified atom stereocenters.